The van der Waals surface area contributed by atoms with E-state index in [1.807, 2.05) is 65.6 Å². The maximum Gasteiger partial charge on any atom is 0.252 e. The monoisotopic (exact) mass is 365 g/mol. The molecule has 3 aliphatic rings. The van der Waals surface area contributed by atoms with Crippen LogP contribution in [0.1, 0.15) is 11.1 Å². The fourth-order valence-corrected chi connectivity index (χ4v) is 4.36. The number of hydrogen-bond acceptors (Lipinski definition) is 4. The first-order valence-corrected chi connectivity index (χ1v) is 9.54. The average molecular weight is 365 g/mol. The highest BCUT2D eigenvalue weighted by molar-refractivity contribution is 5.85. The van der Waals surface area contributed by atoms with Gasteiger partial charge in [-0.25, -0.2) is 0 Å². The number of hydrogen-bond donors (Lipinski definition) is 0. The Balaban J connectivity index is 1.27. The van der Waals surface area contributed by atoms with E-state index in [4.69, 9.17) is 14.2 Å². The van der Waals surface area contributed by atoms with Crippen LogP contribution in [-0.4, -0.2) is 48.3 Å². The summed E-state index contributed by atoms with van der Waals surface area (Å²) in [6.45, 7) is 2.16. The number of carbonyl (C=O) groups is 1. The third kappa shape index (κ3) is 3.27. The van der Waals surface area contributed by atoms with E-state index in [1.54, 1.807) is 0 Å². The van der Waals surface area contributed by atoms with Crippen LogP contribution in [0.5, 0.6) is 0 Å². The van der Waals surface area contributed by atoms with Crippen LogP contribution in [0.4, 0.5) is 0 Å². The molecule has 5 atom stereocenters. The van der Waals surface area contributed by atoms with Gasteiger partial charge in [-0.15, -0.1) is 0 Å². The van der Waals surface area contributed by atoms with Gasteiger partial charge >= 0.3 is 0 Å². The van der Waals surface area contributed by atoms with Crippen LogP contribution in [0.3, 0.4) is 0 Å². The second-order valence-electron chi connectivity index (χ2n) is 7.50. The molecule has 0 spiro atoms. The van der Waals surface area contributed by atoms with Crippen LogP contribution in [0.2, 0.25) is 0 Å². The van der Waals surface area contributed by atoms with Gasteiger partial charge in [-0.3, -0.25) is 4.79 Å². The molecule has 3 heterocycles. The Morgan fingerprint density at radius 3 is 2.33 bits per heavy atom. The molecule has 0 saturated carbocycles. The van der Waals surface area contributed by atoms with Crippen LogP contribution in [0.15, 0.2) is 60.7 Å². The SMILES string of the molecule is O=C1[C@@H](OCc2ccccc2)[C@H](COCc2ccccc2)[C@H]2[C@@H]3O[C@@H]3CN12. The molecule has 1 amide bonds. The maximum atomic E-state index is 12.9. The Morgan fingerprint density at radius 2 is 1.63 bits per heavy atom. The van der Waals surface area contributed by atoms with E-state index in [-0.39, 0.29) is 30.1 Å². The molecule has 2 aromatic carbocycles. The molecule has 5 nitrogen and oxygen atoms in total. The van der Waals surface area contributed by atoms with E-state index < -0.39 is 6.10 Å². The molecular weight excluding hydrogens is 342 g/mol. The van der Waals surface area contributed by atoms with Gasteiger partial charge in [-0.1, -0.05) is 60.7 Å². The lowest BCUT2D eigenvalue weighted by Crippen LogP contribution is -2.36. The van der Waals surface area contributed by atoms with Crippen molar-refractivity contribution < 1.29 is 19.0 Å². The Labute approximate surface area is 158 Å². The standard InChI is InChI=1S/C22H23NO4/c24-22-20(26-13-16-9-5-2-6-10-16)17(19-21-18(27-21)11-23(19)22)14-25-12-15-7-3-1-4-8-15/h1-10,17-21H,11-14H2/t17-,18-,19+,20+,21-/m1/s1. The van der Waals surface area contributed by atoms with Crippen LogP contribution in [0, 0.1) is 5.92 Å². The van der Waals surface area contributed by atoms with Crippen molar-refractivity contribution in [2.45, 2.75) is 37.6 Å². The molecule has 5 heteroatoms. The molecule has 0 aromatic heterocycles. The molecule has 0 bridgehead atoms. The predicted molar refractivity (Wildman–Crippen MR) is 98.8 cm³/mol. The summed E-state index contributed by atoms with van der Waals surface area (Å²) in [6, 6.07) is 20.2. The second-order valence-corrected chi connectivity index (χ2v) is 7.50. The van der Waals surface area contributed by atoms with Crippen molar-refractivity contribution in [2.24, 2.45) is 5.92 Å². The van der Waals surface area contributed by atoms with Crippen LogP contribution >= 0.6 is 0 Å². The zero-order valence-corrected chi connectivity index (χ0v) is 15.1. The number of ether oxygens (including phenoxy) is 3. The van der Waals surface area contributed by atoms with Crippen molar-refractivity contribution >= 4 is 5.91 Å². The Bertz CT molecular complexity index is 796. The highest BCUT2D eigenvalue weighted by Gasteiger charge is 2.65. The third-order valence-corrected chi connectivity index (χ3v) is 5.74. The zero-order valence-electron chi connectivity index (χ0n) is 15.1. The van der Waals surface area contributed by atoms with Gasteiger partial charge in [0.15, 0.2) is 0 Å². The van der Waals surface area contributed by atoms with E-state index in [2.05, 4.69) is 0 Å². The fourth-order valence-electron chi connectivity index (χ4n) is 4.36. The number of amides is 1. The lowest BCUT2D eigenvalue weighted by Gasteiger charge is -2.23. The molecular formula is C22H23NO4. The minimum absolute atomic E-state index is 0.00224. The van der Waals surface area contributed by atoms with E-state index in [0.29, 0.717) is 26.4 Å². The number of benzene rings is 2. The lowest BCUT2D eigenvalue weighted by atomic mass is 9.96. The number of fused-ring (bicyclic) bond motifs is 3. The van der Waals surface area contributed by atoms with Gasteiger partial charge < -0.3 is 19.1 Å². The minimum Gasteiger partial charge on any atom is -0.376 e. The first-order valence-electron chi connectivity index (χ1n) is 9.54. The van der Waals surface area contributed by atoms with Crippen molar-refractivity contribution in [3.63, 3.8) is 0 Å². The van der Waals surface area contributed by atoms with Gasteiger partial charge in [0.05, 0.1) is 32.4 Å². The van der Waals surface area contributed by atoms with Gasteiger partial charge in [-0.2, -0.15) is 0 Å². The third-order valence-electron chi connectivity index (χ3n) is 5.74. The van der Waals surface area contributed by atoms with Crippen molar-refractivity contribution in [1.82, 2.24) is 4.90 Å². The van der Waals surface area contributed by atoms with Gasteiger partial charge in [0, 0.05) is 5.92 Å². The number of carbonyl (C=O) groups excluding carboxylic acids is 1. The fraction of sp³-hybridized carbons (Fsp3) is 0.409. The highest BCUT2D eigenvalue weighted by atomic mass is 16.6. The first kappa shape index (κ1) is 16.9. The molecule has 5 rings (SSSR count). The molecule has 27 heavy (non-hydrogen) atoms. The van der Waals surface area contributed by atoms with Crippen LogP contribution < -0.4 is 0 Å². The average Bonchev–Trinajstić information content (AvgIpc) is 3.30. The summed E-state index contributed by atoms with van der Waals surface area (Å²) in [7, 11) is 0. The topological polar surface area (TPSA) is 51.3 Å². The Morgan fingerprint density at radius 1 is 0.963 bits per heavy atom. The Hall–Kier alpha value is -2.21. The van der Waals surface area contributed by atoms with E-state index in [0.717, 1.165) is 11.1 Å². The van der Waals surface area contributed by atoms with Gasteiger partial charge in [-0.05, 0) is 11.1 Å². The molecule has 0 N–H and O–H groups in total. The van der Waals surface area contributed by atoms with Crippen molar-refractivity contribution in [3.05, 3.63) is 71.8 Å². The summed E-state index contributed by atoms with van der Waals surface area (Å²) < 4.78 is 17.8. The van der Waals surface area contributed by atoms with E-state index in [1.165, 1.54) is 0 Å². The van der Waals surface area contributed by atoms with Gasteiger partial charge in [0.25, 0.3) is 5.91 Å². The summed E-state index contributed by atoms with van der Waals surface area (Å²) in [5.41, 5.74) is 2.20. The number of rotatable bonds is 7. The zero-order chi connectivity index (χ0) is 18.2. The number of morpholine rings is 1. The summed E-state index contributed by atoms with van der Waals surface area (Å²) in [5.74, 6) is 0.0856. The number of epoxide rings is 1. The smallest absolute Gasteiger partial charge is 0.252 e. The van der Waals surface area contributed by atoms with Crippen molar-refractivity contribution in [1.29, 1.82) is 0 Å². The molecule has 140 valence electrons. The maximum absolute atomic E-state index is 12.9. The Kier molecular flexibility index (Phi) is 4.44. The molecule has 3 saturated heterocycles. The quantitative estimate of drug-likeness (QED) is 0.707. The summed E-state index contributed by atoms with van der Waals surface area (Å²) >= 11 is 0. The molecule has 0 unspecified atom stereocenters. The van der Waals surface area contributed by atoms with E-state index in [9.17, 15) is 4.79 Å². The minimum atomic E-state index is -0.462. The summed E-state index contributed by atoms with van der Waals surface area (Å²) in [5, 5.41) is 0. The predicted octanol–water partition coefficient (Wildman–Crippen LogP) is 2.40. The van der Waals surface area contributed by atoms with Crippen molar-refractivity contribution in [3.8, 4) is 0 Å². The molecule has 3 aliphatic heterocycles. The number of nitrogens with zero attached hydrogens (tertiary/aromatic N) is 1. The van der Waals surface area contributed by atoms with E-state index >= 15 is 0 Å². The largest absolute Gasteiger partial charge is 0.376 e. The van der Waals surface area contributed by atoms with Gasteiger partial charge in [0.1, 0.15) is 18.3 Å². The molecule has 0 radical (unpaired) electrons. The molecule has 3 fully saturated rings. The summed E-state index contributed by atoms with van der Waals surface area (Å²) in [4.78, 5) is 14.9. The second kappa shape index (κ2) is 7.08. The van der Waals surface area contributed by atoms with Crippen LogP contribution in [-0.2, 0) is 32.2 Å². The lowest BCUT2D eigenvalue weighted by molar-refractivity contribution is -0.140. The van der Waals surface area contributed by atoms with Crippen LogP contribution in [0.25, 0.3) is 0 Å². The highest BCUT2D eigenvalue weighted by Crippen LogP contribution is 2.46. The summed E-state index contributed by atoms with van der Waals surface area (Å²) in [6.07, 6.45) is -0.0913. The molecule has 2 aromatic rings. The normalized spacial score (nSPS) is 31.0. The first-order chi connectivity index (χ1) is 13.3. The molecule has 0 aliphatic carbocycles. The van der Waals surface area contributed by atoms with Gasteiger partial charge in [0.2, 0.25) is 0 Å². The van der Waals surface area contributed by atoms with Crippen molar-refractivity contribution in [2.75, 3.05) is 13.2 Å².